The van der Waals surface area contributed by atoms with Crippen LogP contribution >= 0.6 is 0 Å². The first-order valence-electron chi connectivity index (χ1n) is 11.6. The van der Waals surface area contributed by atoms with Crippen molar-refractivity contribution in [3.8, 4) is 16.9 Å². The molecule has 2 aromatic carbocycles. The Morgan fingerprint density at radius 2 is 2.06 bits per heavy atom. The summed E-state index contributed by atoms with van der Waals surface area (Å²) in [5, 5.41) is 19.5. The number of nitrogens with one attached hydrogen (secondary N) is 1. The SMILES string of the molecule is C=CC(=O)N1CCCC(n2nc3ccc(-c4c(O)cccc4F)cc3c2NCc2ccncc2)C1. The molecule has 0 spiro atoms. The van der Waals surface area contributed by atoms with E-state index in [0.29, 0.717) is 25.2 Å². The molecule has 1 fully saturated rings. The van der Waals surface area contributed by atoms with Gasteiger partial charge in [0.25, 0.3) is 0 Å². The number of hydrogen-bond donors (Lipinski definition) is 2. The van der Waals surface area contributed by atoms with Crippen LogP contribution < -0.4 is 5.32 Å². The Morgan fingerprint density at radius 1 is 1.23 bits per heavy atom. The van der Waals surface area contributed by atoms with Crippen LogP contribution in [0.25, 0.3) is 22.0 Å². The van der Waals surface area contributed by atoms with Crippen molar-refractivity contribution in [2.45, 2.75) is 25.4 Å². The number of piperidine rings is 1. The van der Waals surface area contributed by atoms with E-state index in [1.807, 2.05) is 28.9 Å². The number of benzene rings is 2. The summed E-state index contributed by atoms with van der Waals surface area (Å²) in [6.45, 7) is 5.39. The monoisotopic (exact) mass is 471 g/mol. The van der Waals surface area contributed by atoms with Crippen molar-refractivity contribution < 1.29 is 14.3 Å². The number of amides is 1. The third kappa shape index (κ3) is 4.47. The number of likely N-dealkylation sites (tertiary alicyclic amines) is 1. The maximum absolute atomic E-state index is 14.6. The van der Waals surface area contributed by atoms with Crippen molar-refractivity contribution in [1.29, 1.82) is 0 Å². The second kappa shape index (κ2) is 9.58. The number of carbonyl (C=O) groups excluding carboxylic acids is 1. The summed E-state index contributed by atoms with van der Waals surface area (Å²) in [6, 6.07) is 13.6. The van der Waals surface area contributed by atoms with Crippen LogP contribution in [0.2, 0.25) is 0 Å². The minimum Gasteiger partial charge on any atom is -0.507 e. The maximum Gasteiger partial charge on any atom is 0.246 e. The van der Waals surface area contributed by atoms with Gasteiger partial charge in [-0.15, -0.1) is 0 Å². The molecule has 178 valence electrons. The molecule has 8 heteroatoms. The van der Waals surface area contributed by atoms with E-state index in [9.17, 15) is 14.3 Å². The number of phenols is 1. The molecule has 1 atom stereocenters. The minimum absolute atomic E-state index is 0.0229. The fourth-order valence-corrected chi connectivity index (χ4v) is 4.67. The normalized spacial score (nSPS) is 15.8. The molecule has 35 heavy (non-hydrogen) atoms. The highest BCUT2D eigenvalue weighted by molar-refractivity contribution is 5.94. The summed E-state index contributed by atoms with van der Waals surface area (Å²) >= 11 is 0. The van der Waals surface area contributed by atoms with Gasteiger partial charge in [0, 0.05) is 37.4 Å². The van der Waals surface area contributed by atoms with Gasteiger partial charge in [0.2, 0.25) is 5.91 Å². The Labute approximate surface area is 202 Å². The van der Waals surface area contributed by atoms with Crippen LogP contribution in [0.1, 0.15) is 24.4 Å². The number of carbonyl (C=O) groups is 1. The number of rotatable bonds is 6. The number of fused-ring (bicyclic) bond motifs is 1. The van der Waals surface area contributed by atoms with Gasteiger partial charge in [0.1, 0.15) is 17.4 Å². The van der Waals surface area contributed by atoms with E-state index < -0.39 is 5.82 Å². The zero-order chi connectivity index (χ0) is 24.4. The summed E-state index contributed by atoms with van der Waals surface area (Å²) in [6.07, 6.45) is 6.56. The standard InChI is InChI=1S/C27H26FN5O2/c1-2-25(35)32-14-4-5-20(17-32)33-27(30-16-18-10-12-29-13-11-18)21-15-19(8-9-23(21)31-33)26-22(28)6-3-7-24(26)34/h2-3,6-13,15,20,30,34H,1,4-5,14,16-17H2. The number of pyridine rings is 1. The van der Waals surface area contributed by atoms with E-state index in [1.54, 1.807) is 23.4 Å². The van der Waals surface area contributed by atoms with Crippen LogP contribution in [-0.2, 0) is 11.3 Å². The largest absolute Gasteiger partial charge is 0.507 e. The second-order valence-corrected chi connectivity index (χ2v) is 8.65. The molecule has 2 aromatic heterocycles. The van der Waals surface area contributed by atoms with Crippen molar-refractivity contribution in [2.24, 2.45) is 0 Å². The molecule has 0 radical (unpaired) electrons. The van der Waals surface area contributed by atoms with E-state index in [2.05, 4.69) is 16.9 Å². The van der Waals surface area contributed by atoms with Crippen molar-refractivity contribution in [3.63, 3.8) is 0 Å². The van der Waals surface area contributed by atoms with Crippen LogP contribution in [0.15, 0.2) is 73.6 Å². The fraction of sp³-hybridized carbons (Fsp3) is 0.222. The lowest BCUT2D eigenvalue weighted by Gasteiger charge is -2.33. The minimum atomic E-state index is -0.492. The van der Waals surface area contributed by atoms with Crippen molar-refractivity contribution in [2.75, 3.05) is 18.4 Å². The average molecular weight is 472 g/mol. The quantitative estimate of drug-likeness (QED) is 0.391. The first kappa shape index (κ1) is 22.6. The highest BCUT2D eigenvalue weighted by Gasteiger charge is 2.27. The summed E-state index contributed by atoms with van der Waals surface area (Å²) in [7, 11) is 0. The van der Waals surface area contributed by atoms with Crippen molar-refractivity contribution >= 4 is 22.6 Å². The Kier molecular flexibility index (Phi) is 6.18. The van der Waals surface area contributed by atoms with Crippen LogP contribution in [0.3, 0.4) is 0 Å². The molecule has 1 amide bonds. The number of halogens is 1. The van der Waals surface area contributed by atoms with Crippen LogP contribution in [0.4, 0.5) is 10.2 Å². The molecule has 1 aliphatic heterocycles. The highest BCUT2D eigenvalue weighted by Crippen LogP contribution is 2.37. The molecular formula is C27H26FN5O2. The van der Waals surface area contributed by atoms with Crippen LogP contribution in [0, 0.1) is 5.82 Å². The second-order valence-electron chi connectivity index (χ2n) is 8.65. The summed E-state index contributed by atoms with van der Waals surface area (Å²) < 4.78 is 16.6. The number of hydrogen-bond acceptors (Lipinski definition) is 5. The van der Waals surface area contributed by atoms with Gasteiger partial charge in [0.15, 0.2) is 0 Å². The molecule has 3 heterocycles. The Hall–Kier alpha value is -4.20. The van der Waals surface area contributed by atoms with Crippen LogP contribution in [-0.4, -0.2) is 43.8 Å². The highest BCUT2D eigenvalue weighted by atomic mass is 19.1. The van der Waals surface area contributed by atoms with Gasteiger partial charge in [-0.25, -0.2) is 9.07 Å². The molecular weight excluding hydrogens is 445 g/mol. The Balaban J connectivity index is 1.59. The van der Waals surface area contributed by atoms with E-state index >= 15 is 0 Å². The predicted octanol–water partition coefficient (Wildman–Crippen LogP) is 4.90. The molecule has 1 saturated heterocycles. The molecule has 2 N–H and O–H groups in total. The van der Waals surface area contributed by atoms with E-state index in [-0.39, 0.29) is 23.3 Å². The van der Waals surface area contributed by atoms with Gasteiger partial charge >= 0.3 is 0 Å². The van der Waals surface area contributed by atoms with Gasteiger partial charge < -0.3 is 15.3 Å². The molecule has 1 aliphatic rings. The first-order chi connectivity index (χ1) is 17.0. The van der Waals surface area contributed by atoms with Gasteiger partial charge in [-0.05, 0) is 66.4 Å². The topological polar surface area (TPSA) is 83.3 Å². The lowest BCUT2D eigenvalue weighted by molar-refractivity contribution is -0.127. The van der Waals surface area contributed by atoms with Crippen LogP contribution in [0.5, 0.6) is 5.75 Å². The van der Waals surface area contributed by atoms with Gasteiger partial charge in [0.05, 0.1) is 17.1 Å². The van der Waals surface area contributed by atoms with Gasteiger partial charge in [-0.2, -0.15) is 5.10 Å². The number of aromatic hydroxyl groups is 1. The lowest BCUT2D eigenvalue weighted by atomic mass is 10.0. The Morgan fingerprint density at radius 3 is 2.83 bits per heavy atom. The number of aromatic nitrogens is 3. The molecule has 4 aromatic rings. The zero-order valence-corrected chi connectivity index (χ0v) is 19.2. The zero-order valence-electron chi connectivity index (χ0n) is 19.2. The summed E-state index contributed by atoms with van der Waals surface area (Å²) in [5.74, 6) is 0.0882. The molecule has 0 bridgehead atoms. The first-order valence-corrected chi connectivity index (χ1v) is 11.6. The van der Waals surface area contributed by atoms with E-state index in [0.717, 1.165) is 35.1 Å². The number of phenolic OH excluding ortho intramolecular Hbond substituents is 1. The van der Waals surface area contributed by atoms with Gasteiger partial charge in [-0.1, -0.05) is 18.7 Å². The average Bonchev–Trinajstić information content (AvgIpc) is 3.25. The van der Waals surface area contributed by atoms with Gasteiger partial charge in [-0.3, -0.25) is 9.78 Å². The fourth-order valence-electron chi connectivity index (χ4n) is 4.67. The Bertz CT molecular complexity index is 1370. The third-order valence-electron chi connectivity index (χ3n) is 6.41. The maximum atomic E-state index is 14.6. The van der Waals surface area contributed by atoms with E-state index in [1.165, 1.54) is 24.3 Å². The number of anilines is 1. The molecule has 0 aliphatic carbocycles. The predicted molar refractivity (Wildman–Crippen MR) is 133 cm³/mol. The third-order valence-corrected chi connectivity index (χ3v) is 6.41. The molecule has 5 rings (SSSR count). The summed E-state index contributed by atoms with van der Waals surface area (Å²) in [4.78, 5) is 18.1. The smallest absolute Gasteiger partial charge is 0.246 e. The molecule has 7 nitrogen and oxygen atoms in total. The molecule has 0 saturated carbocycles. The van der Waals surface area contributed by atoms with E-state index in [4.69, 9.17) is 5.10 Å². The summed E-state index contributed by atoms with van der Waals surface area (Å²) in [5.41, 5.74) is 2.51. The number of nitrogens with zero attached hydrogens (tertiary/aromatic N) is 4. The lowest BCUT2D eigenvalue weighted by Crippen LogP contribution is -2.40. The van der Waals surface area contributed by atoms with Crippen molar-refractivity contribution in [3.05, 3.63) is 85.0 Å². The molecule has 1 unspecified atom stereocenters. The van der Waals surface area contributed by atoms with Crippen molar-refractivity contribution in [1.82, 2.24) is 19.7 Å².